The van der Waals surface area contributed by atoms with Gasteiger partial charge in [0.25, 0.3) is 0 Å². The molecule has 0 saturated carbocycles. The number of halogens is 1. The van der Waals surface area contributed by atoms with Gasteiger partial charge in [0.1, 0.15) is 5.82 Å². The van der Waals surface area contributed by atoms with Crippen LogP contribution in [-0.4, -0.2) is 21.1 Å². The summed E-state index contributed by atoms with van der Waals surface area (Å²) in [5.74, 6) is -0.289. The van der Waals surface area contributed by atoms with Crippen molar-refractivity contribution in [3.05, 3.63) is 54.1 Å². The number of nitrogens with zero attached hydrogens (tertiary/aromatic N) is 2. The number of hydrogen-bond acceptors (Lipinski definition) is 1. The van der Waals surface area contributed by atoms with Crippen LogP contribution in [0.4, 0.5) is 10.1 Å². The summed E-state index contributed by atoms with van der Waals surface area (Å²) in [6.45, 7) is 3.83. The van der Waals surface area contributed by atoms with Crippen molar-refractivity contribution in [2.45, 2.75) is 19.5 Å². The third kappa shape index (κ3) is 2.29. The maximum atomic E-state index is 13.7. The predicted molar refractivity (Wildman–Crippen MR) is 82.2 cm³/mol. The molecule has 20 heavy (non-hydrogen) atoms. The molecule has 0 radical (unpaired) electrons. The molecule has 2 aromatic rings. The predicted octanol–water partition coefficient (Wildman–Crippen LogP) is 3.40. The van der Waals surface area contributed by atoms with Crippen LogP contribution in [0, 0.1) is 5.82 Å². The van der Waals surface area contributed by atoms with E-state index in [1.165, 1.54) is 11.8 Å². The molecule has 0 amide bonds. The summed E-state index contributed by atoms with van der Waals surface area (Å²) in [5.41, 5.74) is 1.65. The second kappa shape index (κ2) is 5.25. The molecule has 1 atom stereocenters. The number of para-hydroxylation sites is 1. The Morgan fingerprint density at radius 2 is 2.05 bits per heavy atom. The van der Waals surface area contributed by atoms with Gasteiger partial charge in [0, 0.05) is 25.0 Å². The Kier molecular flexibility index (Phi) is 3.44. The quantitative estimate of drug-likeness (QED) is 0.813. The van der Waals surface area contributed by atoms with Crippen molar-refractivity contribution in [2.75, 3.05) is 11.9 Å². The Hall–Kier alpha value is -1.88. The molecule has 1 aromatic carbocycles. The van der Waals surface area contributed by atoms with Crippen molar-refractivity contribution in [1.29, 1.82) is 0 Å². The van der Waals surface area contributed by atoms with E-state index in [-0.39, 0.29) is 11.9 Å². The lowest BCUT2D eigenvalue weighted by Gasteiger charge is -2.36. The minimum Gasteiger partial charge on any atom is -0.348 e. The fraction of sp³-hybridized carbons (Fsp3) is 0.267. The fourth-order valence-corrected chi connectivity index (χ4v) is 2.97. The standard InChI is InChI=1S/C15H16FN3S/c1-11-14-7-4-8-18(14)9-10-19(11)15(20)17-13-6-3-2-5-12(13)16/h2-8,11H,9-10H2,1H3,(H,17,20). The normalized spacial score (nSPS) is 17.7. The number of anilines is 1. The number of benzene rings is 1. The molecule has 1 N–H and O–H groups in total. The van der Waals surface area contributed by atoms with Crippen LogP contribution >= 0.6 is 12.2 Å². The topological polar surface area (TPSA) is 20.2 Å². The van der Waals surface area contributed by atoms with E-state index in [9.17, 15) is 4.39 Å². The molecule has 5 heteroatoms. The molecule has 0 bridgehead atoms. The molecule has 1 aromatic heterocycles. The Morgan fingerprint density at radius 1 is 1.25 bits per heavy atom. The average molecular weight is 289 g/mol. The van der Waals surface area contributed by atoms with Crippen LogP contribution in [0.3, 0.4) is 0 Å². The summed E-state index contributed by atoms with van der Waals surface area (Å²) in [5, 5.41) is 3.57. The van der Waals surface area contributed by atoms with E-state index in [4.69, 9.17) is 12.2 Å². The summed E-state index contributed by atoms with van der Waals surface area (Å²) >= 11 is 5.43. The van der Waals surface area contributed by atoms with Gasteiger partial charge in [-0.3, -0.25) is 0 Å². The van der Waals surface area contributed by atoms with Crippen LogP contribution in [-0.2, 0) is 6.54 Å². The van der Waals surface area contributed by atoms with Gasteiger partial charge in [0.05, 0.1) is 11.7 Å². The highest BCUT2D eigenvalue weighted by Crippen LogP contribution is 2.26. The molecule has 1 aliphatic heterocycles. The van der Waals surface area contributed by atoms with Crippen LogP contribution in [0.25, 0.3) is 0 Å². The Balaban J connectivity index is 1.77. The van der Waals surface area contributed by atoms with Crippen LogP contribution in [0.5, 0.6) is 0 Å². The second-order valence-electron chi connectivity index (χ2n) is 4.91. The lowest BCUT2D eigenvalue weighted by Crippen LogP contribution is -2.42. The largest absolute Gasteiger partial charge is 0.348 e. The van der Waals surface area contributed by atoms with Crippen molar-refractivity contribution in [3.63, 3.8) is 0 Å². The second-order valence-corrected chi connectivity index (χ2v) is 5.29. The van der Waals surface area contributed by atoms with Gasteiger partial charge in [0.15, 0.2) is 5.11 Å². The maximum absolute atomic E-state index is 13.7. The zero-order valence-corrected chi connectivity index (χ0v) is 12.0. The Morgan fingerprint density at radius 3 is 2.85 bits per heavy atom. The van der Waals surface area contributed by atoms with E-state index in [2.05, 4.69) is 34.0 Å². The zero-order valence-electron chi connectivity index (χ0n) is 11.2. The van der Waals surface area contributed by atoms with Gasteiger partial charge in [-0.1, -0.05) is 12.1 Å². The third-order valence-electron chi connectivity index (χ3n) is 3.72. The molecular formula is C15H16FN3S. The number of fused-ring (bicyclic) bond motifs is 1. The van der Waals surface area contributed by atoms with E-state index >= 15 is 0 Å². The van der Waals surface area contributed by atoms with Gasteiger partial charge in [-0.05, 0) is 43.4 Å². The van der Waals surface area contributed by atoms with Gasteiger partial charge >= 0.3 is 0 Å². The van der Waals surface area contributed by atoms with E-state index in [1.807, 2.05) is 6.07 Å². The van der Waals surface area contributed by atoms with Gasteiger partial charge in [-0.25, -0.2) is 4.39 Å². The van der Waals surface area contributed by atoms with E-state index in [0.29, 0.717) is 10.8 Å². The SMILES string of the molecule is CC1c2cccn2CCN1C(=S)Nc1ccccc1F. The summed E-state index contributed by atoms with van der Waals surface area (Å²) in [6.07, 6.45) is 2.08. The molecule has 0 spiro atoms. The number of rotatable bonds is 1. The highest BCUT2D eigenvalue weighted by atomic mass is 32.1. The Labute approximate surface area is 123 Å². The van der Waals surface area contributed by atoms with Crippen LogP contribution < -0.4 is 5.32 Å². The first-order chi connectivity index (χ1) is 9.66. The number of aromatic nitrogens is 1. The summed E-state index contributed by atoms with van der Waals surface area (Å²) in [4.78, 5) is 2.09. The highest BCUT2D eigenvalue weighted by Gasteiger charge is 2.25. The van der Waals surface area contributed by atoms with Gasteiger partial charge in [-0.15, -0.1) is 0 Å². The molecule has 0 saturated heterocycles. The molecule has 1 unspecified atom stereocenters. The van der Waals surface area contributed by atoms with Crippen LogP contribution in [0.15, 0.2) is 42.6 Å². The summed E-state index contributed by atoms with van der Waals surface area (Å²) in [7, 11) is 0. The average Bonchev–Trinajstić information content (AvgIpc) is 2.91. The first kappa shape index (κ1) is 13.1. The van der Waals surface area contributed by atoms with Gasteiger partial charge < -0.3 is 14.8 Å². The smallest absolute Gasteiger partial charge is 0.174 e. The molecule has 0 aliphatic carbocycles. The van der Waals surface area contributed by atoms with Gasteiger partial charge in [0.2, 0.25) is 0 Å². The van der Waals surface area contributed by atoms with Gasteiger partial charge in [-0.2, -0.15) is 0 Å². The lowest BCUT2D eigenvalue weighted by molar-refractivity contribution is 0.276. The van der Waals surface area contributed by atoms with E-state index < -0.39 is 0 Å². The van der Waals surface area contributed by atoms with Crippen molar-refractivity contribution in [2.24, 2.45) is 0 Å². The minimum absolute atomic E-state index is 0.186. The van der Waals surface area contributed by atoms with Crippen molar-refractivity contribution >= 4 is 23.0 Å². The van der Waals surface area contributed by atoms with Crippen molar-refractivity contribution < 1.29 is 4.39 Å². The highest BCUT2D eigenvalue weighted by molar-refractivity contribution is 7.80. The monoisotopic (exact) mass is 289 g/mol. The first-order valence-corrected chi connectivity index (χ1v) is 7.05. The third-order valence-corrected chi connectivity index (χ3v) is 4.05. The van der Waals surface area contributed by atoms with Crippen molar-refractivity contribution in [3.8, 4) is 0 Å². The molecule has 1 aliphatic rings. The van der Waals surface area contributed by atoms with Crippen LogP contribution in [0.1, 0.15) is 18.7 Å². The molecule has 0 fully saturated rings. The fourth-order valence-electron chi connectivity index (χ4n) is 2.61. The van der Waals surface area contributed by atoms with E-state index in [0.717, 1.165) is 13.1 Å². The zero-order chi connectivity index (χ0) is 14.1. The first-order valence-electron chi connectivity index (χ1n) is 6.64. The molecule has 3 nitrogen and oxygen atoms in total. The van der Waals surface area contributed by atoms with E-state index in [1.54, 1.807) is 18.2 Å². The lowest BCUT2D eigenvalue weighted by atomic mass is 10.1. The molecule has 3 rings (SSSR count). The summed E-state index contributed by atoms with van der Waals surface area (Å²) in [6, 6.07) is 10.9. The molecule has 104 valence electrons. The molecule has 2 heterocycles. The number of nitrogens with one attached hydrogen (secondary N) is 1. The minimum atomic E-state index is -0.289. The number of thiocarbonyl (C=S) groups is 1. The maximum Gasteiger partial charge on any atom is 0.174 e. The van der Waals surface area contributed by atoms with Crippen molar-refractivity contribution in [1.82, 2.24) is 9.47 Å². The number of hydrogen-bond donors (Lipinski definition) is 1. The summed E-state index contributed by atoms with van der Waals surface area (Å²) < 4.78 is 15.9. The Bertz CT molecular complexity index is 638. The molecular weight excluding hydrogens is 273 g/mol. The van der Waals surface area contributed by atoms with Crippen LogP contribution in [0.2, 0.25) is 0 Å².